The molecular formula is C22H25N5. The van der Waals surface area contributed by atoms with Gasteiger partial charge in [-0.25, -0.2) is 15.0 Å². The van der Waals surface area contributed by atoms with E-state index in [0.717, 1.165) is 34.4 Å². The Morgan fingerprint density at radius 1 is 0.926 bits per heavy atom. The van der Waals surface area contributed by atoms with E-state index in [1.54, 1.807) is 0 Å². The SMILES string of the molecule is c1ccc(-c2ncc(-c3c[nH]c(C4CCN(CC5CC5)CC4)n3)cn2)cc1. The second-order valence-corrected chi connectivity index (χ2v) is 7.85. The van der Waals surface area contributed by atoms with Crippen molar-refractivity contribution in [2.75, 3.05) is 19.6 Å². The van der Waals surface area contributed by atoms with Gasteiger partial charge in [0.1, 0.15) is 5.82 Å². The van der Waals surface area contributed by atoms with Crippen LogP contribution in [-0.2, 0) is 0 Å². The van der Waals surface area contributed by atoms with Gasteiger partial charge in [-0.05, 0) is 44.7 Å². The number of hydrogen-bond acceptors (Lipinski definition) is 4. The standard InChI is InChI=1S/C22H25N5/c1-2-4-17(5-3-1)21-23-12-19(13-24-21)20-14-25-22(26-20)18-8-10-27(11-9-18)15-16-6-7-16/h1-5,12-14,16,18H,6-11,15H2,(H,25,26). The fourth-order valence-corrected chi connectivity index (χ4v) is 3.94. The number of hydrogen-bond donors (Lipinski definition) is 1. The fourth-order valence-electron chi connectivity index (χ4n) is 3.94. The molecule has 0 amide bonds. The van der Waals surface area contributed by atoms with E-state index in [1.807, 2.05) is 48.9 Å². The Kier molecular flexibility index (Phi) is 4.46. The number of imidazole rings is 1. The van der Waals surface area contributed by atoms with E-state index in [0.29, 0.717) is 5.92 Å². The Morgan fingerprint density at radius 2 is 1.67 bits per heavy atom. The maximum Gasteiger partial charge on any atom is 0.159 e. The average Bonchev–Trinajstić information content (AvgIpc) is 3.41. The lowest BCUT2D eigenvalue weighted by molar-refractivity contribution is 0.202. The first kappa shape index (κ1) is 16.6. The molecule has 5 nitrogen and oxygen atoms in total. The molecule has 1 aliphatic heterocycles. The van der Waals surface area contributed by atoms with Crippen LogP contribution in [0.3, 0.4) is 0 Å². The number of nitrogens with zero attached hydrogens (tertiary/aromatic N) is 4. The van der Waals surface area contributed by atoms with Crippen LogP contribution in [0.5, 0.6) is 0 Å². The van der Waals surface area contributed by atoms with E-state index in [-0.39, 0.29) is 0 Å². The number of piperidine rings is 1. The first-order valence-electron chi connectivity index (χ1n) is 10.0. The highest BCUT2D eigenvalue weighted by molar-refractivity contribution is 5.60. The molecule has 0 radical (unpaired) electrons. The predicted octanol–water partition coefficient (Wildman–Crippen LogP) is 4.12. The molecular weight excluding hydrogens is 334 g/mol. The summed E-state index contributed by atoms with van der Waals surface area (Å²) in [5.74, 6) is 3.38. The van der Waals surface area contributed by atoms with Crippen molar-refractivity contribution in [1.29, 1.82) is 0 Å². The molecule has 0 spiro atoms. The summed E-state index contributed by atoms with van der Waals surface area (Å²) in [6.07, 6.45) is 11.0. The number of H-pyrrole nitrogens is 1. The molecule has 1 aliphatic carbocycles. The lowest BCUT2D eigenvalue weighted by Gasteiger charge is -2.31. The normalized spacial score (nSPS) is 18.7. The van der Waals surface area contributed by atoms with Crippen LogP contribution in [0, 0.1) is 5.92 Å². The quantitative estimate of drug-likeness (QED) is 0.744. The largest absolute Gasteiger partial charge is 0.348 e. The first-order valence-corrected chi connectivity index (χ1v) is 10.0. The number of aromatic nitrogens is 4. The molecule has 2 aromatic heterocycles. The van der Waals surface area contributed by atoms with E-state index in [1.165, 1.54) is 45.3 Å². The third kappa shape index (κ3) is 3.78. The molecule has 5 rings (SSSR count). The highest BCUT2D eigenvalue weighted by atomic mass is 15.1. The molecule has 1 saturated heterocycles. The van der Waals surface area contributed by atoms with Crippen molar-refractivity contribution in [3.05, 3.63) is 54.7 Å². The van der Waals surface area contributed by atoms with Crippen LogP contribution in [0.25, 0.3) is 22.6 Å². The van der Waals surface area contributed by atoms with E-state index < -0.39 is 0 Å². The van der Waals surface area contributed by atoms with Gasteiger partial charge in [0.2, 0.25) is 0 Å². The van der Waals surface area contributed by atoms with Gasteiger partial charge in [0.15, 0.2) is 5.82 Å². The minimum Gasteiger partial charge on any atom is -0.348 e. The van der Waals surface area contributed by atoms with Crippen molar-refractivity contribution >= 4 is 0 Å². The van der Waals surface area contributed by atoms with E-state index in [4.69, 9.17) is 4.98 Å². The summed E-state index contributed by atoms with van der Waals surface area (Å²) in [5.41, 5.74) is 2.93. The lowest BCUT2D eigenvalue weighted by atomic mass is 9.96. The smallest absolute Gasteiger partial charge is 0.159 e. The van der Waals surface area contributed by atoms with E-state index >= 15 is 0 Å². The lowest BCUT2D eigenvalue weighted by Crippen LogP contribution is -2.34. The zero-order valence-electron chi connectivity index (χ0n) is 15.5. The second-order valence-electron chi connectivity index (χ2n) is 7.85. The molecule has 3 heterocycles. The molecule has 138 valence electrons. The van der Waals surface area contributed by atoms with Crippen molar-refractivity contribution < 1.29 is 0 Å². The van der Waals surface area contributed by atoms with Crippen LogP contribution in [0.4, 0.5) is 0 Å². The molecule has 0 atom stereocenters. The van der Waals surface area contributed by atoms with Crippen molar-refractivity contribution in [2.24, 2.45) is 5.92 Å². The Bertz CT molecular complexity index is 875. The van der Waals surface area contributed by atoms with Gasteiger partial charge in [-0.15, -0.1) is 0 Å². The zero-order valence-corrected chi connectivity index (χ0v) is 15.5. The van der Waals surface area contributed by atoms with Gasteiger partial charge in [-0.3, -0.25) is 0 Å². The number of nitrogens with one attached hydrogen (secondary N) is 1. The highest BCUT2D eigenvalue weighted by Crippen LogP contribution is 2.33. The Morgan fingerprint density at radius 3 is 2.37 bits per heavy atom. The van der Waals surface area contributed by atoms with E-state index in [9.17, 15) is 0 Å². The molecule has 2 fully saturated rings. The van der Waals surface area contributed by atoms with Crippen LogP contribution in [-0.4, -0.2) is 44.5 Å². The fraction of sp³-hybridized carbons (Fsp3) is 0.409. The Labute approximate surface area is 159 Å². The molecule has 1 saturated carbocycles. The van der Waals surface area contributed by atoms with Gasteiger partial charge in [-0.2, -0.15) is 0 Å². The molecule has 3 aromatic rings. The highest BCUT2D eigenvalue weighted by Gasteiger charge is 2.28. The number of likely N-dealkylation sites (tertiary alicyclic amines) is 1. The Balaban J connectivity index is 1.25. The maximum atomic E-state index is 4.85. The van der Waals surface area contributed by atoms with Crippen LogP contribution in [0.1, 0.15) is 37.4 Å². The minimum atomic E-state index is 0.540. The van der Waals surface area contributed by atoms with Crippen LogP contribution >= 0.6 is 0 Å². The minimum absolute atomic E-state index is 0.540. The van der Waals surface area contributed by atoms with Gasteiger partial charge < -0.3 is 9.88 Å². The van der Waals surface area contributed by atoms with Crippen molar-refractivity contribution in [2.45, 2.75) is 31.6 Å². The van der Waals surface area contributed by atoms with Crippen molar-refractivity contribution in [3.63, 3.8) is 0 Å². The molecule has 1 aromatic carbocycles. The third-order valence-electron chi connectivity index (χ3n) is 5.76. The summed E-state index contributed by atoms with van der Waals surface area (Å²) in [5, 5.41) is 0. The zero-order chi connectivity index (χ0) is 18.1. The molecule has 1 N–H and O–H groups in total. The Hall–Kier alpha value is -2.53. The molecule has 2 aliphatic rings. The van der Waals surface area contributed by atoms with Gasteiger partial charge in [0, 0.05) is 42.2 Å². The molecule has 0 bridgehead atoms. The van der Waals surface area contributed by atoms with E-state index in [2.05, 4.69) is 19.9 Å². The number of rotatable bonds is 5. The molecule has 5 heteroatoms. The monoisotopic (exact) mass is 359 g/mol. The summed E-state index contributed by atoms with van der Waals surface area (Å²) < 4.78 is 0. The summed E-state index contributed by atoms with van der Waals surface area (Å²) in [4.78, 5) is 19.9. The topological polar surface area (TPSA) is 57.7 Å². The predicted molar refractivity (Wildman–Crippen MR) is 106 cm³/mol. The number of benzene rings is 1. The second kappa shape index (κ2) is 7.24. The van der Waals surface area contributed by atoms with Crippen LogP contribution in [0.2, 0.25) is 0 Å². The van der Waals surface area contributed by atoms with Gasteiger partial charge in [0.05, 0.1) is 5.69 Å². The average molecular weight is 359 g/mol. The summed E-state index contributed by atoms with van der Waals surface area (Å²) in [6, 6.07) is 10.1. The van der Waals surface area contributed by atoms with Gasteiger partial charge in [-0.1, -0.05) is 30.3 Å². The maximum absolute atomic E-state index is 4.85. The van der Waals surface area contributed by atoms with Gasteiger partial charge in [0.25, 0.3) is 0 Å². The van der Waals surface area contributed by atoms with Crippen LogP contribution < -0.4 is 0 Å². The van der Waals surface area contributed by atoms with Gasteiger partial charge >= 0.3 is 0 Å². The van der Waals surface area contributed by atoms with Crippen molar-refractivity contribution in [1.82, 2.24) is 24.8 Å². The molecule has 27 heavy (non-hydrogen) atoms. The summed E-state index contributed by atoms with van der Waals surface area (Å²) in [6.45, 7) is 3.71. The third-order valence-corrected chi connectivity index (χ3v) is 5.76. The molecule has 0 unspecified atom stereocenters. The number of aromatic amines is 1. The first-order chi connectivity index (χ1) is 13.3. The van der Waals surface area contributed by atoms with Crippen molar-refractivity contribution in [3.8, 4) is 22.6 Å². The summed E-state index contributed by atoms with van der Waals surface area (Å²) in [7, 11) is 0. The summed E-state index contributed by atoms with van der Waals surface area (Å²) >= 11 is 0. The van der Waals surface area contributed by atoms with Crippen LogP contribution in [0.15, 0.2) is 48.9 Å².